The van der Waals surface area contributed by atoms with Crippen molar-refractivity contribution < 1.29 is 9.53 Å². The Kier molecular flexibility index (Phi) is 4.87. The molecule has 0 unspecified atom stereocenters. The molecular weight excluding hydrogens is 334 g/mol. The highest BCUT2D eigenvalue weighted by atomic mass is 79.9. The SMILES string of the molecule is CCOC(=O)N1CCN(c2ncc(Cl)cc2Br)CC1. The van der Waals surface area contributed by atoms with Crippen molar-refractivity contribution in [2.24, 2.45) is 0 Å². The van der Waals surface area contributed by atoms with Gasteiger partial charge in [-0.25, -0.2) is 9.78 Å². The van der Waals surface area contributed by atoms with Gasteiger partial charge in [-0.15, -0.1) is 0 Å². The number of nitrogens with zero attached hydrogens (tertiary/aromatic N) is 3. The Morgan fingerprint density at radius 3 is 2.74 bits per heavy atom. The van der Waals surface area contributed by atoms with Crippen LogP contribution in [0.4, 0.5) is 10.6 Å². The largest absolute Gasteiger partial charge is 0.450 e. The fourth-order valence-electron chi connectivity index (χ4n) is 1.96. The summed E-state index contributed by atoms with van der Waals surface area (Å²) in [5, 5.41) is 0.598. The number of rotatable bonds is 2. The van der Waals surface area contributed by atoms with Crippen molar-refractivity contribution in [3.05, 3.63) is 21.8 Å². The summed E-state index contributed by atoms with van der Waals surface area (Å²) in [5.74, 6) is 0.855. The third-order valence-electron chi connectivity index (χ3n) is 2.89. The van der Waals surface area contributed by atoms with Gasteiger partial charge in [-0.2, -0.15) is 0 Å². The molecule has 0 N–H and O–H groups in total. The summed E-state index contributed by atoms with van der Waals surface area (Å²) in [7, 11) is 0. The van der Waals surface area contributed by atoms with Gasteiger partial charge in [-0.05, 0) is 28.9 Å². The van der Waals surface area contributed by atoms with E-state index >= 15 is 0 Å². The summed E-state index contributed by atoms with van der Waals surface area (Å²) >= 11 is 9.33. The number of amides is 1. The van der Waals surface area contributed by atoms with Crippen LogP contribution >= 0.6 is 27.5 Å². The minimum atomic E-state index is -0.245. The molecule has 0 radical (unpaired) electrons. The molecule has 5 nitrogen and oxygen atoms in total. The quantitative estimate of drug-likeness (QED) is 0.824. The molecule has 1 fully saturated rings. The molecule has 0 aromatic carbocycles. The van der Waals surface area contributed by atoms with Crippen LogP contribution in [0.5, 0.6) is 0 Å². The maximum absolute atomic E-state index is 11.6. The first-order chi connectivity index (χ1) is 9.11. The molecule has 2 rings (SSSR count). The van der Waals surface area contributed by atoms with Crippen molar-refractivity contribution >= 4 is 39.4 Å². The Labute approximate surface area is 125 Å². The maximum atomic E-state index is 11.6. The normalized spacial score (nSPS) is 15.5. The lowest BCUT2D eigenvalue weighted by atomic mass is 10.3. The molecule has 7 heteroatoms. The molecule has 19 heavy (non-hydrogen) atoms. The molecule has 0 spiro atoms. The van der Waals surface area contributed by atoms with Crippen molar-refractivity contribution in [2.75, 3.05) is 37.7 Å². The van der Waals surface area contributed by atoms with Crippen LogP contribution in [0.2, 0.25) is 5.02 Å². The third kappa shape index (κ3) is 3.51. The van der Waals surface area contributed by atoms with Gasteiger partial charge in [0.2, 0.25) is 0 Å². The summed E-state index contributed by atoms with van der Waals surface area (Å²) in [6, 6.07) is 1.82. The third-order valence-corrected chi connectivity index (χ3v) is 3.68. The highest BCUT2D eigenvalue weighted by Gasteiger charge is 2.23. The van der Waals surface area contributed by atoms with Gasteiger partial charge in [0.25, 0.3) is 0 Å². The Balaban J connectivity index is 1.98. The number of ether oxygens (including phenoxy) is 1. The molecule has 1 amide bonds. The number of hydrogen-bond acceptors (Lipinski definition) is 4. The molecule has 0 bridgehead atoms. The van der Waals surface area contributed by atoms with Gasteiger partial charge in [0.1, 0.15) is 5.82 Å². The minimum Gasteiger partial charge on any atom is -0.450 e. The molecule has 0 aliphatic carbocycles. The number of piperazine rings is 1. The molecule has 0 atom stereocenters. The Morgan fingerprint density at radius 1 is 1.47 bits per heavy atom. The van der Waals surface area contributed by atoms with Gasteiger partial charge in [-0.3, -0.25) is 0 Å². The van der Waals surface area contributed by atoms with E-state index in [2.05, 4.69) is 25.8 Å². The molecule has 0 saturated carbocycles. The number of aromatic nitrogens is 1. The van der Waals surface area contributed by atoms with E-state index in [-0.39, 0.29) is 6.09 Å². The summed E-state index contributed by atoms with van der Waals surface area (Å²) in [5.41, 5.74) is 0. The van der Waals surface area contributed by atoms with E-state index in [0.29, 0.717) is 24.7 Å². The average molecular weight is 349 g/mol. The Hall–Kier alpha value is -1.01. The van der Waals surface area contributed by atoms with Crippen LogP contribution in [0, 0.1) is 0 Å². The standard InChI is InChI=1S/C12H15BrClN3O2/c1-2-19-12(18)17-5-3-16(4-6-17)11-10(13)7-9(14)8-15-11/h7-8H,2-6H2,1H3. The van der Waals surface area contributed by atoms with Gasteiger partial charge in [0.05, 0.1) is 16.1 Å². The molecule has 1 aliphatic heterocycles. The van der Waals surface area contributed by atoms with E-state index in [9.17, 15) is 4.79 Å². The van der Waals surface area contributed by atoms with Gasteiger partial charge in [-0.1, -0.05) is 11.6 Å². The van der Waals surface area contributed by atoms with Crippen molar-refractivity contribution in [1.82, 2.24) is 9.88 Å². The molecular formula is C12H15BrClN3O2. The zero-order valence-electron chi connectivity index (χ0n) is 10.6. The lowest BCUT2D eigenvalue weighted by Gasteiger charge is -2.35. The summed E-state index contributed by atoms with van der Waals surface area (Å²) in [6.07, 6.45) is 1.38. The van der Waals surface area contributed by atoms with Crippen molar-refractivity contribution in [2.45, 2.75) is 6.92 Å². The number of carbonyl (C=O) groups excluding carboxylic acids is 1. The summed E-state index contributed by atoms with van der Waals surface area (Å²) < 4.78 is 5.85. The second kappa shape index (κ2) is 6.43. The predicted octanol–water partition coefficient (Wildman–Crippen LogP) is 2.78. The zero-order chi connectivity index (χ0) is 13.8. The second-order valence-electron chi connectivity index (χ2n) is 4.13. The molecule has 2 heterocycles. The van der Waals surface area contributed by atoms with Crippen LogP contribution in [-0.4, -0.2) is 48.8 Å². The topological polar surface area (TPSA) is 45.7 Å². The Morgan fingerprint density at radius 2 is 2.16 bits per heavy atom. The van der Waals surface area contributed by atoms with Gasteiger partial charge in [0, 0.05) is 32.4 Å². The number of carbonyl (C=O) groups is 1. The first-order valence-corrected chi connectivity index (χ1v) is 7.26. The number of halogens is 2. The Bertz CT molecular complexity index is 464. The van der Waals surface area contributed by atoms with E-state index in [4.69, 9.17) is 16.3 Å². The van der Waals surface area contributed by atoms with E-state index in [1.54, 1.807) is 11.1 Å². The number of hydrogen-bond donors (Lipinski definition) is 0. The first-order valence-electron chi connectivity index (χ1n) is 6.09. The van der Waals surface area contributed by atoms with E-state index in [0.717, 1.165) is 23.4 Å². The highest BCUT2D eigenvalue weighted by Crippen LogP contribution is 2.27. The molecule has 1 aromatic rings. The van der Waals surface area contributed by atoms with Crippen molar-refractivity contribution in [3.63, 3.8) is 0 Å². The predicted molar refractivity (Wildman–Crippen MR) is 77.8 cm³/mol. The number of anilines is 1. The lowest BCUT2D eigenvalue weighted by Crippen LogP contribution is -2.49. The number of pyridine rings is 1. The van der Waals surface area contributed by atoms with E-state index in [1.165, 1.54) is 0 Å². The van der Waals surface area contributed by atoms with Gasteiger partial charge >= 0.3 is 6.09 Å². The van der Waals surface area contributed by atoms with Crippen LogP contribution in [0.3, 0.4) is 0 Å². The average Bonchev–Trinajstić information content (AvgIpc) is 2.39. The van der Waals surface area contributed by atoms with Gasteiger partial charge in [0.15, 0.2) is 0 Å². The van der Waals surface area contributed by atoms with Crippen LogP contribution in [0.25, 0.3) is 0 Å². The van der Waals surface area contributed by atoms with E-state index in [1.807, 2.05) is 13.0 Å². The van der Waals surface area contributed by atoms with Crippen LogP contribution in [0.15, 0.2) is 16.7 Å². The van der Waals surface area contributed by atoms with Crippen molar-refractivity contribution in [3.8, 4) is 0 Å². The maximum Gasteiger partial charge on any atom is 0.409 e. The van der Waals surface area contributed by atoms with Crippen molar-refractivity contribution in [1.29, 1.82) is 0 Å². The smallest absolute Gasteiger partial charge is 0.409 e. The summed E-state index contributed by atoms with van der Waals surface area (Å²) in [6.45, 7) is 4.94. The van der Waals surface area contributed by atoms with Gasteiger partial charge < -0.3 is 14.5 Å². The highest BCUT2D eigenvalue weighted by molar-refractivity contribution is 9.10. The molecule has 1 saturated heterocycles. The summed E-state index contributed by atoms with van der Waals surface area (Å²) in [4.78, 5) is 19.7. The zero-order valence-corrected chi connectivity index (χ0v) is 12.9. The minimum absolute atomic E-state index is 0.245. The fourth-order valence-corrected chi connectivity index (χ4v) is 2.85. The fraction of sp³-hybridized carbons (Fsp3) is 0.500. The van der Waals surface area contributed by atoms with Crippen LogP contribution in [0.1, 0.15) is 6.92 Å². The van der Waals surface area contributed by atoms with Crippen LogP contribution < -0.4 is 4.90 Å². The lowest BCUT2D eigenvalue weighted by molar-refractivity contribution is 0.105. The molecule has 1 aliphatic rings. The first kappa shape index (κ1) is 14.4. The van der Waals surface area contributed by atoms with E-state index < -0.39 is 0 Å². The molecule has 1 aromatic heterocycles. The molecule has 104 valence electrons. The monoisotopic (exact) mass is 347 g/mol. The second-order valence-corrected chi connectivity index (χ2v) is 5.42. The van der Waals surface area contributed by atoms with Crippen LogP contribution in [-0.2, 0) is 4.74 Å².